The number of carbonyl (C=O) groups excluding carboxylic acids is 7. The van der Waals surface area contributed by atoms with Crippen LogP contribution in [0.4, 0.5) is 4.79 Å². The number of nitrogens with zero attached hydrogens (tertiary/aromatic N) is 2. The van der Waals surface area contributed by atoms with Crippen molar-refractivity contribution < 1.29 is 43.0 Å². The molecule has 7 atom stereocenters. The summed E-state index contributed by atoms with van der Waals surface area (Å²) in [4.78, 5) is 106. The first-order valence-electron chi connectivity index (χ1n) is 27.5. The van der Waals surface area contributed by atoms with Crippen molar-refractivity contribution in [3.05, 3.63) is 174 Å². The lowest BCUT2D eigenvalue weighted by atomic mass is 9.89. The summed E-state index contributed by atoms with van der Waals surface area (Å²) in [7, 11) is 5.46. The number of aryl methyl sites for hydroxylation is 1. The van der Waals surface area contributed by atoms with Crippen LogP contribution in [0.5, 0.6) is 5.75 Å². The van der Waals surface area contributed by atoms with Gasteiger partial charge in [-0.15, -0.1) is 0 Å². The fourth-order valence-electron chi connectivity index (χ4n) is 10.5. The Morgan fingerprint density at radius 2 is 1.24 bits per heavy atom. The van der Waals surface area contributed by atoms with E-state index in [1.54, 1.807) is 49.5 Å². The first-order valence-corrected chi connectivity index (χ1v) is 27.5. The van der Waals surface area contributed by atoms with Crippen molar-refractivity contribution in [1.82, 2.24) is 46.7 Å². The maximum Gasteiger partial charge on any atom is 0.407 e. The summed E-state index contributed by atoms with van der Waals surface area (Å²) in [6, 6.07) is 36.1. The number of fused-ring (bicyclic) bond motifs is 2. The van der Waals surface area contributed by atoms with Crippen molar-refractivity contribution in [2.75, 3.05) is 40.3 Å². The highest BCUT2D eigenvalue weighted by atomic mass is 16.6. The molecule has 2 fully saturated rings. The first kappa shape index (κ1) is 57.8. The Morgan fingerprint density at radius 1 is 0.613 bits per heavy atom. The number of ketones is 1. The standard InChI is InChI=1S/C62H73N9O9/c1-63-30-16-15-24-50-57(73)67-51(34-42-26-28-47(29-27-42)79-40-43-19-9-5-10-20-43)55(72)36-45(33-41-17-7-4-8-18-41)61(77)71-39-48(80-62(78)65-32-31-64-2)37-54(71)59(75)69-56(44-21-11-6-12-22-44)60(76)68-52(58(74)66-50)35-46-38-70(3)53-25-14-13-23-49(46)53/h4-14,17-23,25-29,38,45,48,50-52,54,56,63-64H,15-16,24,30-37,39-40H2,1-3H3,(H,65,78)(H,66,74)(H,67,73)(H,68,76)(H,69,75)/t45-,48?,50+,51+,52?,54-,56+/m0/s1. The van der Waals surface area contributed by atoms with Crippen LogP contribution in [0.1, 0.15) is 66.0 Å². The smallest absolute Gasteiger partial charge is 0.407 e. The van der Waals surface area contributed by atoms with Gasteiger partial charge >= 0.3 is 6.09 Å². The molecular formula is C62H73N9O9. The summed E-state index contributed by atoms with van der Waals surface area (Å²) in [6.45, 7) is 1.51. The quantitative estimate of drug-likeness (QED) is 0.0535. The minimum atomic E-state index is -1.39. The third-order valence-corrected chi connectivity index (χ3v) is 14.7. The lowest BCUT2D eigenvalue weighted by Gasteiger charge is -2.31. The Balaban J connectivity index is 1.20. The van der Waals surface area contributed by atoms with E-state index in [2.05, 4.69) is 37.2 Å². The molecule has 0 bridgehead atoms. The average molecular weight is 1090 g/mol. The van der Waals surface area contributed by atoms with E-state index in [0.717, 1.165) is 27.6 Å². The van der Waals surface area contributed by atoms with Crippen molar-refractivity contribution in [1.29, 1.82) is 0 Å². The zero-order chi connectivity index (χ0) is 56.4. The Kier molecular flexibility index (Phi) is 20.6. The third-order valence-electron chi connectivity index (χ3n) is 14.7. The number of para-hydroxylation sites is 1. The summed E-state index contributed by atoms with van der Waals surface area (Å²) < 4.78 is 13.9. The lowest BCUT2D eigenvalue weighted by Crippen LogP contribution is -2.58. The number of nitrogens with one attached hydrogen (secondary N) is 7. The largest absolute Gasteiger partial charge is 0.489 e. The number of unbranched alkanes of at least 4 members (excludes halogenated alkanes) is 1. The molecule has 2 saturated heterocycles. The molecular weight excluding hydrogens is 1010 g/mol. The minimum absolute atomic E-state index is 0.00223. The number of carbonyl (C=O) groups is 7. The van der Waals surface area contributed by atoms with Gasteiger partial charge in [0.25, 0.3) is 0 Å². The van der Waals surface area contributed by atoms with Gasteiger partial charge in [-0.1, -0.05) is 121 Å². The number of aromatic nitrogens is 1. The summed E-state index contributed by atoms with van der Waals surface area (Å²) in [5, 5.41) is 21.5. The van der Waals surface area contributed by atoms with Crippen molar-refractivity contribution in [3.63, 3.8) is 0 Å². The highest BCUT2D eigenvalue weighted by molar-refractivity contribution is 5.99. The van der Waals surface area contributed by atoms with Crippen molar-refractivity contribution >= 4 is 52.3 Å². The Morgan fingerprint density at radius 3 is 1.95 bits per heavy atom. The van der Waals surface area contributed by atoms with E-state index in [4.69, 9.17) is 9.47 Å². The molecule has 8 rings (SSSR count). The van der Waals surface area contributed by atoms with Gasteiger partial charge in [-0.05, 0) is 98.8 Å². The molecule has 1 aromatic heterocycles. The molecule has 6 aromatic rings. The number of hydrogen-bond acceptors (Lipinski definition) is 11. The minimum Gasteiger partial charge on any atom is -0.489 e. The number of Topliss-reactive ketones (excluding diaryl/α,β-unsaturated/α-hetero) is 1. The van der Waals surface area contributed by atoms with E-state index in [-0.39, 0.29) is 51.6 Å². The second kappa shape index (κ2) is 28.5. The van der Waals surface area contributed by atoms with Crippen LogP contribution in [0.25, 0.3) is 10.9 Å². The molecule has 2 aliphatic heterocycles. The molecule has 18 nitrogen and oxygen atoms in total. The van der Waals surface area contributed by atoms with Crippen LogP contribution in [0.2, 0.25) is 0 Å². The molecule has 0 aliphatic carbocycles. The molecule has 6 amide bonds. The van der Waals surface area contributed by atoms with Crippen LogP contribution in [0.3, 0.4) is 0 Å². The molecule has 18 heteroatoms. The Labute approximate surface area is 467 Å². The third kappa shape index (κ3) is 15.7. The number of amides is 6. The molecule has 2 unspecified atom stereocenters. The van der Waals surface area contributed by atoms with Crippen LogP contribution in [0.15, 0.2) is 146 Å². The van der Waals surface area contributed by atoms with Crippen LogP contribution >= 0.6 is 0 Å². The van der Waals surface area contributed by atoms with Gasteiger partial charge in [-0.2, -0.15) is 0 Å². The van der Waals surface area contributed by atoms with E-state index < -0.39 is 83.6 Å². The summed E-state index contributed by atoms with van der Waals surface area (Å²) in [5.74, 6) is -4.20. The van der Waals surface area contributed by atoms with Gasteiger partial charge in [-0.25, -0.2) is 4.79 Å². The number of ether oxygens (including phenoxy) is 2. The van der Waals surface area contributed by atoms with E-state index in [1.165, 1.54) is 4.90 Å². The zero-order valence-electron chi connectivity index (χ0n) is 45.7. The summed E-state index contributed by atoms with van der Waals surface area (Å²) in [5.41, 5.74) is 4.45. The number of benzene rings is 5. The first-order chi connectivity index (χ1) is 38.9. The lowest BCUT2D eigenvalue weighted by molar-refractivity contribution is -0.144. The van der Waals surface area contributed by atoms with Crippen molar-refractivity contribution in [2.45, 2.75) is 94.3 Å². The second-order valence-electron chi connectivity index (χ2n) is 20.6. The van der Waals surface area contributed by atoms with Gasteiger partial charge in [0.1, 0.15) is 42.6 Å². The predicted octanol–water partition coefficient (Wildman–Crippen LogP) is 4.99. The van der Waals surface area contributed by atoms with Gasteiger partial charge in [0.2, 0.25) is 29.5 Å². The zero-order valence-corrected chi connectivity index (χ0v) is 45.7. The number of hydrogen-bond donors (Lipinski definition) is 7. The molecule has 2 aliphatic rings. The maximum absolute atomic E-state index is 15.5. The van der Waals surface area contributed by atoms with E-state index >= 15 is 28.8 Å². The molecule has 80 heavy (non-hydrogen) atoms. The summed E-state index contributed by atoms with van der Waals surface area (Å²) >= 11 is 0. The molecule has 0 radical (unpaired) electrons. The number of rotatable bonds is 19. The second-order valence-corrected chi connectivity index (χ2v) is 20.6. The molecule has 7 N–H and O–H groups in total. The highest BCUT2D eigenvalue weighted by Crippen LogP contribution is 2.29. The molecule has 420 valence electrons. The van der Waals surface area contributed by atoms with Crippen LogP contribution in [0, 0.1) is 5.92 Å². The molecule has 0 spiro atoms. The van der Waals surface area contributed by atoms with Gasteiger partial charge in [-0.3, -0.25) is 28.8 Å². The van der Waals surface area contributed by atoms with Crippen molar-refractivity contribution in [3.8, 4) is 5.75 Å². The summed E-state index contributed by atoms with van der Waals surface area (Å²) in [6.07, 6.45) is 1.16. The van der Waals surface area contributed by atoms with Crippen LogP contribution in [-0.2, 0) is 66.4 Å². The predicted molar refractivity (Wildman–Crippen MR) is 304 cm³/mol. The van der Waals surface area contributed by atoms with Crippen LogP contribution < -0.4 is 42.0 Å². The van der Waals surface area contributed by atoms with E-state index in [0.29, 0.717) is 49.4 Å². The van der Waals surface area contributed by atoms with Gasteiger partial charge < -0.3 is 56.2 Å². The fraction of sp³-hybridized carbons (Fsp3) is 0.371. The molecule has 5 aromatic carbocycles. The van der Waals surface area contributed by atoms with Crippen LogP contribution in [-0.4, -0.2) is 121 Å². The monoisotopic (exact) mass is 1090 g/mol. The normalized spacial score (nSPS) is 21.3. The van der Waals surface area contributed by atoms with Gasteiger partial charge in [0.15, 0.2) is 5.78 Å². The average Bonchev–Trinajstić information content (AvgIpc) is 4.12. The van der Waals surface area contributed by atoms with Gasteiger partial charge in [0.05, 0.1) is 12.6 Å². The van der Waals surface area contributed by atoms with E-state index in [9.17, 15) is 4.79 Å². The Bertz CT molecular complexity index is 3050. The van der Waals surface area contributed by atoms with Crippen molar-refractivity contribution in [2.24, 2.45) is 13.0 Å². The molecule has 0 saturated carbocycles. The Hall–Kier alpha value is -8.35. The maximum atomic E-state index is 15.5. The number of likely N-dealkylation sites (N-methyl/N-ethyl adjacent to an activating group) is 1. The SMILES string of the molecule is CNCCCC[C@H]1NC(=O)C(Cc2cn(C)c3ccccc23)NC(=O)[C@@H](c2ccccc2)NC(=O)[C@@H]2CC(OC(=O)NCCNC)CN2C(=O)[C@@H](Cc2ccccc2)CC(=O)[C@@H](Cc2ccc(OCc3ccccc3)cc2)NC1=O. The highest BCUT2D eigenvalue weighted by Gasteiger charge is 2.45. The van der Waals surface area contributed by atoms with Gasteiger partial charge in [0, 0.05) is 62.4 Å². The number of alkyl carbamates (subject to hydrolysis) is 1. The fourth-order valence-corrected chi connectivity index (χ4v) is 10.5. The molecule has 3 heterocycles. The topological polar surface area (TPSA) is 230 Å². The van der Waals surface area contributed by atoms with E-state index in [1.807, 2.05) is 122 Å².